The van der Waals surface area contributed by atoms with Crippen LogP contribution >= 0.6 is 11.8 Å². The zero-order chi connectivity index (χ0) is 15.1. The van der Waals surface area contributed by atoms with E-state index < -0.39 is 6.10 Å². The van der Waals surface area contributed by atoms with Crippen LogP contribution in [-0.2, 0) is 6.42 Å². The predicted molar refractivity (Wildman–Crippen MR) is 87.8 cm³/mol. The van der Waals surface area contributed by atoms with Crippen molar-refractivity contribution in [2.45, 2.75) is 23.5 Å². The van der Waals surface area contributed by atoms with Crippen molar-refractivity contribution in [1.29, 1.82) is 0 Å². The van der Waals surface area contributed by atoms with Crippen molar-refractivity contribution >= 4 is 11.8 Å². The Kier molecular flexibility index (Phi) is 6.11. The summed E-state index contributed by atoms with van der Waals surface area (Å²) in [6, 6.07) is 17.6. The normalized spacial score (nSPS) is 13.7. The first-order chi connectivity index (χ1) is 10.2. The van der Waals surface area contributed by atoms with Gasteiger partial charge in [0.2, 0.25) is 0 Å². The molecule has 112 valence electrons. The van der Waals surface area contributed by atoms with Crippen LogP contribution in [0.5, 0.6) is 5.75 Å². The number of nitrogens with two attached hydrogens (primary N) is 1. The summed E-state index contributed by atoms with van der Waals surface area (Å²) in [5.41, 5.74) is 7.23. The van der Waals surface area contributed by atoms with E-state index in [1.807, 2.05) is 54.6 Å². The molecule has 2 unspecified atom stereocenters. The van der Waals surface area contributed by atoms with Crippen molar-refractivity contribution < 1.29 is 9.84 Å². The maximum atomic E-state index is 10.2. The van der Waals surface area contributed by atoms with Crippen molar-refractivity contribution in [2.75, 3.05) is 12.9 Å². The van der Waals surface area contributed by atoms with E-state index in [1.165, 1.54) is 0 Å². The number of aliphatic hydroxyl groups excluding tert-OH is 1. The number of ether oxygens (including phenoxy) is 1. The van der Waals surface area contributed by atoms with Gasteiger partial charge in [-0.15, -0.1) is 11.8 Å². The molecule has 0 saturated carbocycles. The Balaban J connectivity index is 1.84. The van der Waals surface area contributed by atoms with Gasteiger partial charge in [-0.25, -0.2) is 0 Å². The lowest BCUT2D eigenvalue weighted by Crippen LogP contribution is -2.38. The van der Waals surface area contributed by atoms with Crippen molar-refractivity contribution in [3.8, 4) is 5.75 Å². The van der Waals surface area contributed by atoms with Crippen LogP contribution in [0.25, 0.3) is 0 Å². The molecule has 0 spiro atoms. The minimum absolute atomic E-state index is 0.259. The van der Waals surface area contributed by atoms with Crippen molar-refractivity contribution in [2.24, 2.45) is 5.73 Å². The second-order valence-electron chi connectivity index (χ2n) is 4.91. The Bertz CT molecular complexity index is 547. The van der Waals surface area contributed by atoms with E-state index >= 15 is 0 Å². The smallest absolute Gasteiger partial charge is 0.119 e. The second-order valence-corrected chi connectivity index (χ2v) is 6.00. The zero-order valence-corrected chi connectivity index (χ0v) is 12.9. The Morgan fingerprint density at radius 2 is 1.90 bits per heavy atom. The summed E-state index contributed by atoms with van der Waals surface area (Å²) in [6.45, 7) is 0. The first kappa shape index (κ1) is 15.9. The first-order valence-corrected chi connectivity index (χ1v) is 7.92. The summed E-state index contributed by atoms with van der Waals surface area (Å²) in [6.07, 6.45) is 0.141. The molecule has 0 saturated heterocycles. The van der Waals surface area contributed by atoms with Crippen LogP contribution in [0.2, 0.25) is 0 Å². The Morgan fingerprint density at radius 1 is 1.14 bits per heavy atom. The SMILES string of the molecule is COc1cccc(SCC(O)C(N)Cc2ccccc2)c1. The fraction of sp³-hybridized carbons (Fsp3) is 0.294. The van der Waals surface area contributed by atoms with E-state index in [1.54, 1.807) is 18.9 Å². The molecule has 2 aromatic rings. The number of hydrogen-bond acceptors (Lipinski definition) is 4. The summed E-state index contributed by atoms with van der Waals surface area (Å²) in [7, 11) is 1.65. The minimum Gasteiger partial charge on any atom is -0.497 e. The van der Waals surface area contributed by atoms with E-state index in [0.29, 0.717) is 12.2 Å². The van der Waals surface area contributed by atoms with Gasteiger partial charge in [0.25, 0.3) is 0 Å². The molecule has 0 aliphatic carbocycles. The summed E-state index contributed by atoms with van der Waals surface area (Å²) in [5, 5.41) is 10.2. The maximum Gasteiger partial charge on any atom is 0.119 e. The lowest BCUT2D eigenvalue weighted by Gasteiger charge is -2.18. The Hall–Kier alpha value is -1.49. The summed E-state index contributed by atoms with van der Waals surface area (Å²) < 4.78 is 5.19. The van der Waals surface area contributed by atoms with Gasteiger partial charge in [0.15, 0.2) is 0 Å². The van der Waals surface area contributed by atoms with Gasteiger partial charge in [-0.05, 0) is 30.2 Å². The molecule has 3 nitrogen and oxygen atoms in total. The van der Waals surface area contributed by atoms with Crippen molar-refractivity contribution in [3.63, 3.8) is 0 Å². The van der Waals surface area contributed by atoms with E-state index in [4.69, 9.17) is 10.5 Å². The lowest BCUT2D eigenvalue weighted by atomic mass is 10.0. The number of hydrogen-bond donors (Lipinski definition) is 2. The number of rotatable bonds is 7. The highest BCUT2D eigenvalue weighted by Gasteiger charge is 2.15. The fourth-order valence-corrected chi connectivity index (χ4v) is 3.00. The van der Waals surface area contributed by atoms with Gasteiger partial charge in [-0.1, -0.05) is 36.4 Å². The molecule has 2 atom stereocenters. The topological polar surface area (TPSA) is 55.5 Å². The summed E-state index contributed by atoms with van der Waals surface area (Å²) in [5.74, 6) is 1.39. The molecule has 0 radical (unpaired) electrons. The second kappa shape index (κ2) is 8.08. The van der Waals surface area contributed by atoms with Crippen LogP contribution in [-0.4, -0.2) is 30.1 Å². The monoisotopic (exact) mass is 303 g/mol. The largest absolute Gasteiger partial charge is 0.497 e. The van der Waals surface area contributed by atoms with Gasteiger partial charge in [0.1, 0.15) is 5.75 Å². The Morgan fingerprint density at radius 3 is 2.62 bits per heavy atom. The molecule has 0 aliphatic rings. The van der Waals surface area contributed by atoms with Crippen LogP contribution in [0.15, 0.2) is 59.5 Å². The number of aliphatic hydroxyl groups is 1. The molecular weight excluding hydrogens is 282 g/mol. The molecule has 0 aliphatic heterocycles. The van der Waals surface area contributed by atoms with Crippen molar-refractivity contribution in [1.82, 2.24) is 0 Å². The van der Waals surface area contributed by atoms with Crippen LogP contribution in [0.3, 0.4) is 0 Å². The summed E-state index contributed by atoms with van der Waals surface area (Å²) >= 11 is 1.59. The average molecular weight is 303 g/mol. The molecule has 21 heavy (non-hydrogen) atoms. The van der Waals surface area contributed by atoms with Crippen LogP contribution in [0.1, 0.15) is 5.56 Å². The summed E-state index contributed by atoms with van der Waals surface area (Å²) in [4.78, 5) is 1.07. The Labute approximate surface area is 130 Å². The molecule has 0 aromatic heterocycles. The minimum atomic E-state index is -0.540. The third-order valence-electron chi connectivity index (χ3n) is 3.27. The van der Waals surface area contributed by atoms with Crippen molar-refractivity contribution in [3.05, 3.63) is 60.2 Å². The average Bonchev–Trinajstić information content (AvgIpc) is 2.53. The zero-order valence-electron chi connectivity index (χ0n) is 12.1. The molecule has 4 heteroatoms. The molecule has 0 bridgehead atoms. The highest BCUT2D eigenvalue weighted by Crippen LogP contribution is 2.24. The highest BCUT2D eigenvalue weighted by atomic mass is 32.2. The van der Waals surface area contributed by atoms with Gasteiger partial charge in [-0.2, -0.15) is 0 Å². The molecule has 0 amide bonds. The molecule has 2 aromatic carbocycles. The lowest BCUT2D eigenvalue weighted by molar-refractivity contribution is 0.167. The van der Waals surface area contributed by atoms with Crippen LogP contribution in [0.4, 0.5) is 0 Å². The molecule has 0 heterocycles. The van der Waals surface area contributed by atoms with Crippen LogP contribution in [0, 0.1) is 0 Å². The first-order valence-electron chi connectivity index (χ1n) is 6.93. The fourth-order valence-electron chi connectivity index (χ4n) is 2.02. The van der Waals surface area contributed by atoms with Crippen LogP contribution < -0.4 is 10.5 Å². The third kappa shape index (κ3) is 5.08. The van der Waals surface area contributed by atoms with E-state index in [-0.39, 0.29) is 6.04 Å². The third-order valence-corrected chi connectivity index (χ3v) is 4.37. The van der Waals surface area contributed by atoms with Gasteiger partial charge >= 0.3 is 0 Å². The molecule has 0 fully saturated rings. The predicted octanol–water partition coefficient (Wildman–Crippen LogP) is 2.72. The van der Waals surface area contributed by atoms with Gasteiger partial charge in [-0.3, -0.25) is 0 Å². The van der Waals surface area contributed by atoms with Gasteiger partial charge in [0.05, 0.1) is 13.2 Å². The van der Waals surface area contributed by atoms with Gasteiger partial charge < -0.3 is 15.6 Å². The van der Waals surface area contributed by atoms with E-state index in [9.17, 15) is 5.11 Å². The number of thioether (sulfide) groups is 1. The van der Waals surface area contributed by atoms with E-state index in [2.05, 4.69) is 0 Å². The van der Waals surface area contributed by atoms with Gasteiger partial charge in [0, 0.05) is 16.7 Å². The van der Waals surface area contributed by atoms with E-state index in [0.717, 1.165) is 16.2 Å². The molecule has 3 N–H and O–H groups in total. The number of benzene rings is 2. The molecular formula is C17H21NO2S. The standard InChI is InChI=1S/C17H21NO2S/c1-20-14-8-5-9-15(11-14)21-12-17(19)16(18)10-13-6-3-2-4-7-13/h2-9,11,16-17,19H,10,12,18H2,1H3. The molecule has 2 rings (SSSR count). The quantitative estimate of drug-likeness (QED) is 0.772. The highest BCUT2D eigenvalue weighted by molar-refractivity contribution is 7.99. The maximum absolute atomic E-state index is 10.2. The number of methoxy groups -OCH3 is 1.